The van der Waals surface area contributed by atoms with Gasteiger partial charge in [0.15, 0.2) is 0 Å². The van der Waals surface area contributed by atoms with Crippen molar-refractivity contribution >= 4 is 17.2 Å². The fourth-order valence-electron chi connectivity index (χ4n) is 3.52. The largest absolute Gasteiger partial charge is 0.364 e. The van der Waals surface area contributed by atoms with Crippen LogP contribution in [-0.2, 0) is 11.2 Å². The number of nitrogens with one attached hydrogen (secondary N) is 1. The van der Waals surface area contributed by atoms with Crippen molar-refractivity contribution in [3.8, 4) is 6.07 Å². The number of halogens is 2. The second-order valence-corrected chi connectivity index (χ2v) is 7.14. The quantitative estimate of drug-likeness (QED) is 0.841. The zero-order valence-electron chi connectivity index (χ0n) is 16.2. The van der Waals surface area contributed by atoms with Crippen LogP contribution in [0.2, 0.25) is 0 Å². The van der Waals surface area contributed by atoms with E-state index in [0.29, 0.717) is 29.7 Å². The lowest BCUT2D eigenvalue weighted by Crippen LogP contribution is -2.49. The van der Waals surface area contributed by atoms with Gasteiger partial charge < -0.3 is 5.32 Å². The Morgan fingerprint density at radius 2 is 1.93 bits per heavy atom. The lowest BCUT2D eigenvalue weighted by molar-refractivity contribution is -0.128. The number of benzene rings is 2. The monoisotopic (exact) mass is 404 g/mol. The maximum atomic E-state index is 14.3. The normalized spacial score (nSPS) is 17.9. The predicted octanol–water partition coefficient (Wildman–Crippen LogP) is 3.88. The first-order valence-electron chi connectivity index (χ1n) is 9.47. The molecule has 2 aromatic carbocycles. The average molecular weight is 404 g/mol. The second-order valence-electron chi connectivity index (χ2n) is 7.14. The van der Waals surface area contributed by atoms with E-state index in [4.69, 9.17) is 5.26 Å². The number of hydrazone groups is 1. The number of amides is 1. The lowest BCUT2D eigenvalue weighted by atomic mass is 9.98. The minimum Gasteiger partial charge on any atom is -0.364 e. The van der Waals surface area contributed by atoms with E-state index in [1.807, 2.05) is 12.1 Å². The fourth-order valence-corrected chi connectivity index (χ4v) is 3.52. The van der Waals surface area contributed by atoms with Crippen molar-refractivity contribution in [1.82, 2.24) is 10.3 Å². The Bertz CT molecular complexity index is 1140. The standard InChI is InChI=1S/C23H18F2N4O/c1-14-20(19-9-7-17(24)10-21(19)25)12-22-27-18(11-23(30)29(22)28-14)8-6-15-2-4-16(13-26)5-3-15/h2-5,7,9-12,22,27H,6,8H2,1H3. The SMILES string of the molecule is CC1=NN2C(=O)C=C(CCc3ccc(C#N)cc3)NC2C=C1c1ccc(F)cc1F. The van der Waals surface area contributed by atoms with E-state index in [9.17, 15) is 13.6 Å². The molecule has 2 aliphatic heterocycles. The Morgan fingerprint density at radius 1 is 1.17 bits per heavy atom. The van der Waals surface area contributed by atoms with Gasteiger partial charge in [0.1, 0.15) is 17.8 Å². The molecule has 1 amide bonds. The molecule has 7 heteroatoms. The number of carbonyl (C=O) groups excluding carboxylic acids is 1. The number of hydrogen-bond acceptors (Lipinski definition) is 4. The summed E-state index contributed by atoms with van der Waals surface area (Å²) in [7, 11) is 0. The van der Waals surface area contributed by atoms with Crippen LogP contribution in [0.25, 0.3) is 5.57 Å². The summed E-state index contributed by atoms with van der Waals surface area (Å²) in [6.45, 7) is 1.68. The summed E-state index contributed by atoms with van der Waals surface area (Å²) >= 11 is 0. The van der Waals surface area contributed by atoms with E-state index >= 15 is 0 Å². The third-order valence-electron chi connectivity index (χ3n) is 5.08. The van der Waals surface area contributed by atoms with Crippen LogP contribution < -0.4 is 5.32 Å². The highest BCUT2D eigenvalue weighted by atomic mass is 19.1. The highest BCUT2D eigenvalue weighted by Gasteiger charge is 2.31. The maximum Gasteiger partial charge on any atom is 0.270 e. The number of fused-ring (bicyclic) bond motifs is 1. The summed E-state index contributed by atoms with van der Waals surface area (Å²) in [4.78, 5) is 12.5. The van der Waals surface area contributed by atoms with Crippen molar-refractivity contribution in [3.05, 3.63) is 88.6 Å². The van der Waals surface area contributed by atoms with Crippen LogP contribution in [0.4, 0.5) is 8.78 Å². The number of rotatable bonds is 4. The molecule has 0 aliphatic carbocycles. The molecule has 0 saturated heterocycles. The van der Waals surface area contributed by atoms with E-state index in [1.54, 1.807) is 25.1 Å². The summed E-state index contributed by atoms with van der Waals surface area (Å²) in [5.74, 6) is -1.59. The summed E-state index contributed by atoms with van der Waals surface area (Å²) in [5.41, 5.74) is 3.62. The van der Waals surface area contributed by atoms with E-state index in [1.165, 1.54) is 23.2 Å². The highest BCUT2D eigenvalue weighted by molar-refractivity contribution is 6.23. The van der Waals surface area contributed by atoms with E-state index in [-0.39, 0.29) is 11.5 Å². The van der Waals surface area contributed by atoms with Gasteiger partial charge in [-0.1, -0.05) is 12.1 Å². The van der Waals surface area contributed by atoms with Crippen LogP contribution in [0.1, 0.15) is 30.0 Å². The molecule has 30 heavy (non-hydrogen) atoms. The van der Waals surface area contributed by atoms with Crippen molar-refractivity contribution in [2.45, 2.75) is 25.9 Å². The van der Waals surface area contributed by atoms with Crippen molar-refractivity contribution in [2.75, 3.05) is 0 Å². The number of aryl methyl sites for hydroxylation is 1. The van der Waals surface area contributed by atoms with Crippen LogP contribution in [0.3, 0.4) is 0 Å². The van der Waals surface area contributed by atoms with Gasteiger partial charge in [-0.25, -0.2) is 13.8 Å². The molecule has 4 rings (SSSR count). The van der Waals surface area contributed by atoms with Crippen LogP contribution >= 0.6 is 0 Å². The van der Waals surface area contributed by atoms with E-state index in [0.717, 1.165) is 17.3 Å². The van der Waals surface area contributed by atoms with Crippen LogP contribution in [0, 0.1) is 23.0 Å². The number of nitrogens with zero attached hydrogens (tertiary/aromatic N) is 3. The topological polar surface area (TPSA) is 68.5 Å². The molecule has 150 valence electrons. The minimum atomic E-state index is -0.678. The zero-order chi connectivity index (χ0) is 21.3. The molecule has 0 radical (unpaired) electrons. The number of nitriles is 1. The van der Waals surface area contributed by atoms with Crippen LogP contribution in [0.5, 0.6) is 0 Å². The third-order valence-corrected chi connectivity index (χ3v) is 5.08. The van der Waals surface area contributed by atoms with Gasteiger partial charge in [0.25, 0.3) is 5.91 Å². The first-order chi connectivity index (χ1) is 14.4. The minimum absolute atomic E-state index is 0.236. The average Bonchev–Trinajstić information content (AvgIpc) is 2.73. The van der Waals surface area contributed by atoms with Gasteiger partial charge >= 0.3 is 0 Å². The molecule has 0 aromatic heterocycles. The van der Waals surface area contributed by atoms with Gasteiger partial charge in [0, 0.05) is 29.0 Å². The van der Waals surface area contributed by atoms with Crippen molar-refractivity contribution < 1.29 is 13.6 Å². The number of allylic oxidation sites excluding steroid dienone is 2. The highest BCUT2D eigenvalue weighted by Crippen LogP contribution is 2.28. The van der Waals surface area contributed by atoms with Gasteiger partial charge in [-0.15, -0.1) is 0 Å². The molecule has 1 N–H and O–H groups in total. The molecule has 1 atom stereocenters. The molecule has 0 fully saturated rings. The Hall–Kier alpha value is -3.79. The second kappa shape index (κ2) is 7.91. The van der Waals surface area contributed by atoms with Crippen LogP contribution in [-0.4, -0.2) is 22.8 Å². The van der Waals surface area contributed by atoms with Crippen molar-refractivity contribution in [3.63, 3.8) is 0 Å². The van der Waals surface area contributed by atoms with Crippen molar-refractivity contribution in [1.29, 1.82) is 5.26 Å². The zero-order valence-corrected chi connectivity index (χ0v) is 16.2. The van der Waals surface area contributed by atoms with E-state index < -0.39 is 17.8 Å². The van der Waals surface area contributed by atoms with Crippen molar-refractivity contribution in [2.24, 2.45) is 5.10 Å². The summed E-state index contributed by atoms with van der Waals surface area (Å²) < 4.78 is 27.6. The smallest absolute Gasteiger partial charge is 0.270 e. The number of carbonyl (C=O) groups is 1. The third kappa shape index (κ3) is 3.85. The summed E-state index contributed by atoms with van der Waals surface area (Å²) in [6, 6.07) is 12.8. The molecule has 0 bridgehead atoms. The molecule has 2 heterocycles. The molecule has 2 aromatic rings. The lowest BCUT2D eigenvalue weighted by Gasteiger charge is -2.35. The summed E-state index contributed by atoms with van der Waals surface area (Å²) in [5, 5.41) is 17.8. The van der Waals surface area contributed by atoms with Gasteiger partial charge in [-0.05, 0) is 55.7 Å². The van der Waals surface area contributed by atoms with Gasteiger partial charge in [-0.2, -0.15) is 10.4 Å². The molecule has 5 nitrogen and oxygen atoms in total. The predicted molar refractivity (Wildman–Crippen MR) is 109 cm³/mol. The first kappa shape index (κ1) is 19.5. The Morgan fingerprint density at radius 3 is 2.63 bits per heavy atom. The molecule has 0 spiro atoms. The van der Waals surface area contributed by atoms with E-state index in [2.05, 4.69) is 16.5 Å². The summed E-state index contributed by atoms with van der Waals surface area (Å²) in [6.07, 6.45) is 3.97. The first-order valence-corrected chi connectivity index (χ1v) is 9.47. The van der Waals surface area contributed by atoms with Gasteiger partial charge in [-0.3, -0.25) is 4.79 Å². The van der Waals surface area contributed by atoms with Gasteiger partial charge in [0.05, 0.1) is 17.3 Å². The van der Waals surface area contributed by atoms with Crippen LogP contribution in [0.15, 0.2) is 65.4 Å². The Labute approximate surface area is 172 Å². The Balaban J connectivity index is 1.54. The molecule has 1 unspecified atom stereocenters. The van der Waals surface area contributed by atoms with Gasteiger partial charge in [0.2, 0.25) is 0 Å². The fraction of sp³-hybridized carbons (Fsp3) is 0.174. The Kier molecular flexibility index (Phi) is 5.15. The molecular formula is C23H18F2N4O. The molecule has 0 saturated carbocycles. The number of hydrogen-bond donors (Lipinski definition) is 1. The maximum absolute atomic E-state index is 14.3. The molecule has 2 aliphatic rings. The molecular weight excluding hydrogens is 386 g/mol.